The Kier molecular flexibility index (Phi) is 4.68. The predicted molar refractivity (Wildman–Crippen MR) is 105 cm³/mol. The summed E-state index contributed by atoms with van der Waals surface area (Å²) in [5, 5.41) is 4.17. The summed E-state index contributed by atoms with van der Waals surface area (Å²) >= 11 is 3.46. The van der Waals surface area contributed by atoms with Crippen LogP contribution in [0.25, 0.3) is 18.3 Å². The van der Waals surface area contributed by atoms with E-state index in [2.05, 4.69) is 27.6 Å². The van der Waals surface area contributed by atoms with Crippen LogP contribution >= 0.6 is 15.9 Å². The molecule has 0 spiro atoms. The summed E-state index contributed by atoms with van der Waals surface area (Å²) in [6.45, 7) is 8.05. The van der Waals surface area contributed by atoms with Crippen LogP contribution in [0.15, 0.2) is 45.7 Å². The molecule has 0 amide bonds. The molecule has 0 radical (unpaired) electrons. The second kappa shape index (κ2) is 6.76. The van der Waals surface area contributed by atoms with Gasteiger partial charge in [-0.1, -0.05) is 18.7 Å². The topological polar surface area (TPSA) is 47.0 Å². The number of nitrogens with one attached hydrogen (secondary N) is 1. The number of rotatable bonds is 3. The Morgan fingerprint density at radius 2 is 1.92 bits per heavy atom. The van der Waals surface area contributed by atoms with E-state index in [1.54, 1.807) is 7.11 Å². The maximum absolute atomic E-state index is 12.8. The van der Waals surface area contributed by atoms with E-state index < -0.39 is 0 Å². The van der Waals surface area contributed by atoms with Crippen LogP contribution in [-0.2, 0) is 0 Å². The van der Waals surface area contributed by atoms with Crippen LogP contribution in [0.4, 0.5) is 0 Å². The second-order valence-electron chi connectivity index (χ2n) is 5.95. The Balaban J connectivity index is 2.14. The fourth-order valence-electron chi connectivity index (χ4n) is 2.63. The molecule has 0 saturated heterocycles. The molecule has 3 rings (SSSR count). The van der Waals surface area contributed by atoms with E-state index in [0.717, 1.165) is 27.0 Å². The molecule has 0 unspecified atom stereocenters. The number of aromatic amines is 1. The summed E-state index contributed by atoms with van der Waals surface area (Å²) in [6, 6.07) is 11.6. The number of H-pyrrole nitrogens is 1. The summed E-state index contributed by atoms with van der Waals surface area (Å²) in [7, 11) is 1.62. The Hall–Kier alpha value is -2.53. The molecule has 0 saturated carbocycles. The van der Waals surface area contributed by atoms with Crippen LogP contribution in [0.3, 0.4) is 0 Å². The fraction of sp³-hybridized carbons (Fsp3) is 0.150. The molecule has 0 aliphatic rings. The van der Waals surface area contributed by atoms with Gasteiger partial charge in [0, 0.05) is 0 Å². The van der Waals surface area contributed by atoms with Crippen molar-refractivity contribution in [3.05, 3.63) is 78.5 Å². The predicted octanol–water partition coefficient (Wildman–Crippen LogP) is 2.79. The van der Waals surface area contributed by atoms with Crippen molar-refractivity contribution in [3.63, 3.8) is 0 Å². The summed E-state index contributed by atoms with van der Waals surface area (Å²) in [4.78, 5) is 12.8. The van der Waals surface area contributed by atoms with Gasteiger partial charge in [-0.25, -0.2) is 4.68 Å². The van der Waals surface area contributed by atoms with Gasteiger partial charge in [-0.15, -0.1) is 0 Å². The molecule has 1 heterocycles. The van der Waals surface area contributed by atoms with Crippen LogP contribution in [0.1, 0.15) is 16.7 Å². The number of aromatic nitrogens is 2. The Labute approximate surface area is 154 Å². The van der Waals surface area contributed by atoms with Gasteiger partial charge in [-0.2, -0.15) is 0 Å². The number of aryl methyl sites for hydroxylation is 2. The van der Waals surface area contributed by atoms with Crippen molar-refractivity contribution < 1.29 is 4.74 Å². The Bertz CT molecular complexity index is 1110. The van der Waals surface area contributed by atoms with E-state index in [1.165, 1.54) is 10.2 Å². The van der Waals surface area contributed by atoms with Gasteiger partial charge in [-0.3, -0.25) is 9.89 Å². The first-order valence-corrected chi connectivity index (χ1v) is 8.63. The van der Waals surface area contributed by atoms with E-state index in [1.807, 2.05) is 56.3 Å². The van der Waals surface area contributed by atoms with Gasteiger partial charge >= 0.3 is 0 Å². The number of benzene rings is 2. The van der Waals surface area contributed by atoms with E-state index in [4.69, 9.17) is 4.74 Å². The molecular weight excluding hydrogens is 380 g/mol. The van der Waals surface area contributed by atoms with Gasteiger partial charge in [0.2, 0.25) is 0 Å². The van der Waals surface area contributed by atoms with Crippen molar-refractivity contribution >= 4 is 28.6 Å². The highest BCUT2D eigenvalue weighted by atomic mass is 79.9. The first-order valence-electron chi connectivity index (χ1n) is 7.83. The highest BCUT2D eigenvalue weighted by Gasteiger charge is 2.07. The average Bonchev–Trinajstić information content (AvgIpc) is 2.86. The van der Waals surface area contributed by atoms with Gasteiger partial charge in [0.1, 0.15) is 5.75 Å². The molecule has 5 heteroatoms. The monoisotopic (exact) mass is 398 g/mol. The zero-order valence-electron chi connectivity index (χ0n) is 14.4. The molecule has 0 aliphatic carbocycles. The van der Waals surface area contributed by atoms with Crippen LogP contribution in [0.5, 0.6) is 5.75 Å². The number of ether oxygens (including phenoxy) is 1. The first kappa shape index (κ1) is 17.3. The maximum Gasteiger partial charge on any atom is 0.279 e. The van der Waals surface area contributed by atoms with Gasteiger partial charge < -0.3 is 4.74 Å². The number of hydrogen-bond acceptors (Lipinski definition) is 2. The number of halogens is 1. The minimum absolute atomic E-state index is 0.125. The minimum Gasteiger partial charge on any atom is -0.496 e. The highest BCUT2D eigenvalue weighted by Crippen LogP contribution is 2.25. The lowest BCUT2D eigenvalue weighted by atomic mass is 10.1. The third-order valence-electron chi connectivity index (χ3n) is 4.24. The van der Waals surface area contributed by atoms with Gasteiger partial charge in [0.05, 0.1) is 27.8 Å². The molecule has 0 bridgehead atoms. The second-order valence-corrected chi connectivity index (χ2v) is 6.81. The van der Waals surface area contributed by atoms with Crippen molar-refractivity contribution in [2.24, 2.45) is 0 Å². The fourth-order valence-corrected chi connectivity index (χ4v) is 3.19. The normalized spacial score (nSPS) is 11.8. The van der Waals surface area contributed by atoms with E-state index >= 15 is 0 Å². The summed E-state index contributed by atoms with van der Waals surface area (Å²) in [6.07, 6.45) is 1.82. The van der Waals surface area contributed by atoms with Crippen molar-refractivity contribution in [1.29, 1.82) is 0 Å². The van der Waals surface area contributed by atoms with Crippen molar-refractivity contribution in [2.45, 2.75) is 13.8 Å². The third-order valence-corrected chi connectivity index (χ3v) is 4.86. The van der Waals surface area contributed by atoms with Crippen LogP contribution in [0, 0.1) is 13.8 Å². The minimum atomic E-state index is -0.125. The van der Waals surface area contributed by atoms with Crippen molar-refractivity contribution in [1.82, 2.24) is 9.78 Å². The van der Waals surface area contributed by atoms with Gasteiger partial charge in [0.15, 0.2) is 0 Å². The zero-order valence-corrected chi connectivity index (χ0v) is 16.0. The van der Waals surface area contributed by atoms with Gasteiger partial charge in [-0.05, 0) is 76.8 Å². The third kappa shape index (κ3) is 3.33. The molecule has 2 aromatic carbocycles. The molecule has 0 atom stereocenters. The molecule has 3 aromatic rings. The maximum atomic E-state index is 12.8. The highest BCUT2D eigenvalue weighted by molar-refractivity contribution is 9.10. The lowest BCUT2D eigenvalue weighted by Gasteiger charge is -2.05. The molecule has 128 valence electrons. The number of nitrogens with zero attached hydrogens (tertiary/aromatic N) is 1. The Morgan fingerprint density at radius 3 is 2.56 bits per heavy atom. The summed E-state index contributed by atoms with van der Waals surface area (Å²) in [5.74, 6) is 0.744. The smallest absolute Gasteiger partial charge is 0.279 e. The molecule has 0 aliphatic heterocycles. The van der Waals surface area contributed by atoms with Crippen molar-refractivity contribution in [3.8, 4) is 11.4 Å². The van der Waals surface area contributed by atoms with E-state index in [0.29, 0.717) is 10.6 Å². The molecule has 4 nitrogen and oxygen atoms in total. The molecule has 1 aromatic heterocycles. The number of hydrogen-bond donors (Lipinski definition) is 1. The summed E-state index contributed by atoms with van der Waals surface area (Å²) < 4.78 is 7.59. The zero-order chi connectivity index (χ0) is 18.1. The molecular formula is C20H19BrN2O2. The van der Waals surface area contributed by atoms with E-state index in [9.17, 15) is 4.79 Å². The Morgan fingerprint density at radius 1 is 1.16 bits per heavy atom. The quantitative estimate of drug-likeness (QED) is 0.737. The largest absolute Gasteiger partial charge is 0.496 e. The first-order chi connectivity index (χ1) is 11.9. The molecule has 25 heavy (non-hydrogen) atoms. The lowest BCUT2D eigenvalue weighted by molar-refractivity contribution is 0.412. The van der Waals surface area contributed by atoms with Crippen molar-refractivity contribution in [2.75, 3.05) is 7.11 Å². The van der Waals surface area contributed by atoms with Crippen LogP contribution < -0.4 is 20.9 Å². The standard InChI is InChI=1S/C20H19BrN2O2/c1-12-5-7-16(9-13(12)2)23-20(24)17(14(3)22-23)10-15-6-8-19(25-4)18(21)11-15/h5-11,22H,3H2,1-2,4H3. The van der Waals surface area contributed by atoms with Gasteiger partial charge in [0.25, 0.3) is 5.56 Å². The molecule has 0 fully saturated rings. The van der Waals surface area contributed by atoms with Crippen LogP contribution in [0.2, 0.25) is 0 Å². The lowest BCUT2D eigenvalue weighted by Crippen LogP contribution is -2.33. The SMILES string of the molecule is C=c1[nH]n(-c2ccc(C)c(C)c2)c(=O)c1=Cc1ccc(OC)c(Br)c1. The average molecular weight is 399 g/mol. The number of methoxy groups -OCH3 is 1. The van der Waals surface area contributed by atoms with E-state index in [-0.39, 0.29) is 5.56 Å². The summed E-state index contributed by atoms with van der Waals surface area (Å²) in [5.41, 5.74) is 3.89. The molecule has 1 N–H and O–H groups in total. The van der Waals surface area contributed by atoms with Crippen LogP contribution in [-0.4, -0.2) is 16.9 Å².